The maximum Gasteiger partial charge on any atom is 0.417 e. The number of anilines is 1. The van der Waals surface area contributed by atoms with Crippen molar-refractivity contribution < 1.29 is 18.0 Å². The highest BCUT2D eigenvalue weighted by atomic mass is 19.4. The molecule has 108 valence electrons. The molecule has 2 N–H and O–H groups in total. The third kappa shape index (κ3) is 4.55. The van der Waals surface area contributed by atoms with Gasteiger partial charge in [0.2, 0.25) is 5.91 Å². The molecule has 1 aromatic rings. The predicted octanol–water partition coefficient (Wildman–Crippen LogP) is 2.52. The van der Waals surface area contributed by atoms with Gasteiger partial charge in [0.1, 0.15) is 0 Å². The van der Waals surface area contributed by atoms with Crippen molar-refractivity contribution in [3.05, 3.63) is 29.3 Å². The number of hydrogen-bond acceptors (Lipinski definition) is 3. The number of alkyl halides is 3. The van der Waals surface area contributed by atoms with Gasteiger partial charge in [0.15, 0.2) is 0 Å². The maximum atomic E-state index is 12.7. The Labute approximate surface area is 114 Å². The Kier molecular flexibility index (Phi) is 5.53. The number of carbonyl (C=O) groups is 1. The van der Waals surface area contributed by atoms with Crippen LogP contribution in [0.25, 0.3) is 0 Å². The molecular weight excluding hydrogens is 271 g/mol. The van der Waals surface area contributed by atoms with Crippen LogP contribution in [0.15, 0.2) is 18.2 Å². The van der Waals surface area contributed by atoms with Crippen molar-refractivity contribution >= 4 is 11.6 Å². The number of nitrogens with zero attached hydrogens (tertiary/aromatic N) is 1. The fourth-order valence-electron chi connectivity index (χ4n) is 1.56. The number of rotatable bonds is 5. The third-order valence-corrected chi connectivity index (χ3v) is 2.51. The van der Waals surface area contributed by atoms with Gasteiger partial charge in [-0.1, -0.05) is 6.92 Å². The average molecular weight is 285 g/mol. The quantitative estimate of drug-likeness (QED) is 0.817. The van der Waals surface area contributed by atoms with E-state index in [1.54, 1.807) is 0 Å². The summed E-state index contributed by atoms with van der Waals surface area (Å²) < 4.78 is 38.2. The zero-order valence-corrected chi connectivity index (χ0v) is 10.8. The van der Waals surface area contributed by atoms with E-state index in [0.717, 1.165) is 12.1 Å². The second kappa shape index (κ2) is 6.91. The summed E-state index contributed by atoms with van der Waals surface area (Å²) in [5.41, 5.74) is -1.49. The highest BCUT2D eigenvalue weighted by Crippen LogP contribution is 2.33. The number of hydrogen-bond donors (Lipinski definition) is 2. The molecule has 0 aliphatic heterocycles. The van der Waals surface area contributed by atoms with Gasteiger partial charge < -0.3 is 10.6 Å². The normalized spacial score (nSPS) is 10.9. The van der Waals surface area contributed by atoms with Crippen molar-refractivity contribution in [3.8, 4) is 6.07 Å². The minimum Gasteiger partial charge on any atom is -0.326 e. The zero-order valence-electron chi connectivity index (χ0n) is 10.8. The van der Waals surface area contributed by atoms with Gasteiger partial charge in [0.05, 0.1) is 17.2 Å². The van der Waals surface area contributed by atoms with E-state index >= 15 is 0 Å². The second-order valence-corrected chi connectivity index (χ2v) is 4.02. The molecule has 1 aromatic carbocycles. The van der Waals surface area contributed by atoms with Crippen molar-refractivity contribution in [2.24, 2.45) is 0 Å². The van der Waals surface area contributed by atoms with Crippen LogP contribution in [0.1, 0.15) is 24.5 Å². The van der Waals surface area contributed by atoms with Crippen molar-refractivity contribution in [3.63, 3.8) is 0 Å². The molecule has 1 rings (SSSR count). The Morgan fingerprint density at radius 2 is 2.10 bits per heavy atom. The lowest BCUT2D eigenvalue weighted by molar-refractivity contribution is -0.137. The minimum atomic E-state index is -4.63. The fraction of sp³-hybridized carbons (Fsp3) is 0.385. The van der Waals surface area contributed by atoms with Crippen molar-refractivity contribution in [1.29, 1.82) is 5.26 Å². The fourth-order valence-corrected chi connectivity index (χ4v) is 1.56. The van der Waals surface area contributed by atoms with Gasteiger partial charge in [-0.3, -0.25) is 4.79 Å². The summed E-state index contributed by atoms with van der Waals surface area (Å²) in [6.07, 6.45) is -4.47. The summed E-state index contributed by atoms with van der Waals surface area (Å²) in [5, 5.41) is 14.0. The molecule has 0 spiro atoms. The number of halogens is 3. The number of nitrogens with one attached hydrogen (secondary N) is 2. The van der Waals surface area contributed by atoms with Crippen LogP contribution in [0.2, 0.25) is 0 Å². The lowest BCUT2D eigenvalue weighted by Gasteiger charge is -2.11. The molecule has 0 heterocycles. The van der Waals surface area contributed by atoms with E-state index in [1.807, 2.05) is 6.92 Å². The first-order valence-corrected chi connectivity index (χ1v) is 6.00. The first kappa shape index (κ1) is 16.0. The SMILES string of the molecule is CCNCCC(=O)Nc1ccc(C#N)c(C(F)(F)F)c1. The molecule has 0 fully saturated rings. The molecular formula is C13H14F3N3O. The van der Waals surface area contributed by atoms with Crippen LogP contribution in [-0.2, 0) is 11.0 Å². The summed E-state index contributed by atoms with van der Waals surface area (Å²) in [6, 6.07) is 4.57. The van der Waals surface area contributed by atoms with Crippen LogP contribution < -0.4 is 10.6 Å². The Bertz CT molecular complexity index is 521. The molecule has 1 amide bonds. The van der Waals surface area contributed by atoms with Gasteiger partial charge in [0, 0.05) is 18.7 Å². The van der Waals surface area contributed by atoms with Gasteiger partial charge in [0.25, 0.3) is 0 Å². The van der Waals surface area contributed by atoms with E-state index < -0.39 is 17.3 Å². The van der Waals surface area contributed by atoms with E-state index in [1.165, 1.54) is 12.1 Å². The summed E-state index contributed by atoms with van der Waals surface area (Å²) in [6.45, 7) is 3.04. The van der Waals surface area contributed by atoms with Crippen LogP contribution in [-0.4, -0.2) is 19.0 Å². The molecule has 0 radical (unpaired) electrons. The Balaban J connectivity index is 2.83. The molecule has 0 unspecified atom stereocenters. The topological polar surface area (TPSA) is 64.9 Å². The average Bonchev–Trinajstić information content (AvgIpc) is 2.38. The Hall–Kier alpha value is -2.07. The molecule has 0 aromatic heterocycles. The molecule has 0 saturated heterocycles. The van der Waals surface area contributed by atoms with Crippen molar-refractivity contribution in [1.82, 2.24) is 5.32 Å². The number of benzene rings is 1. The van der Waals surface area contributed by atoms with Crippen molar-refractivity contribution in [2.45, 2.75) is 19.5 Å². The summed E-state index contributed by atoms with van der Waals surface area (Å²) in [4.78, 5) is 11.5. The lowest BCUT2D eigenvalue weighted by Crippen LogP contribution is -2.21. The molecule has 0 aliphatic carbocycles. The first-order valence-electron chi connectivity index (χ1n) is 6.00. The van der Waals surface area contributed by atoms with Gasteiger partial charge >= 0.3 is 6.18 Å². The second-order valence-electron chi connectivity index (χ2n) is 4.02. The van der Waals surface area contributed by atoms with E-state index in [4.69, 9.17) is 5.26 Å². The third-order valence-electron chi connectivity index (χ3n) is 2.51. The molecule has 0 aliphatic rings. The number of nitriles is 1. The zero-order chi connectivity index (χ0) is 15.2. The highest BCUT2D eigenvalue weighted by molar-refractivity contribution is 5.91. The van der Waals surface area contributed by atoms with E-state index in [0.29, 0.717) is 13.1 Å². The summed E-state index contributed by atoms with van der Waals surface area (Å²) >= 11 is 0. The minimum absolute atomic E-state index is 0.0258. The molecule has 4 nitrogen and oxygen atoms in total. The summed E-state index contributed by atoms with van der Waals surface area (Å²) in [7, 11) is 0. The molecule has 20 heavy (non-hydrogen) atoms. The smallest absolute Gasteiger partial charge is 0.326 e. The first-order chi connectivity index (χ1) is 9.38. The Morgan fingerprint density at radius 1 is 1.40 bits per heavy atom. The number of carbonyl (C=O) groups excluding carboxylic acids is 1. The standard InChI is InChI=1S/C13H14F3N3O/c1-2-18-6-5-12(20)19-10-4-3-9(8-17)11(7-10)13(14,15)16/h3-4,7,18H,2,5-6H2,1H3,(H,19,20). The molecule has 0 saturated carbocycles. The van der Waals surface area contributed by atoms with Crippen LogP contribution in [0.5, 0.6) is 0 Å². The molecule has 0 bridgehead atoms. The van der Waals surface area contributed by atoms with Gasteiger partial charge in [-0.25, -0.2) is 0 Å². The monoisotopic (exact) mass is 285 g/mol. The highest BCUT2D eigenvalue weighted by Gasteiger charge is 2.33. The largest absolute Gasteiger partial charge is 0.417 e. The van der Waals surface area contributed by atoms with Crippen molar-refractivity contribution in [2.75, 3.05) is 18.4 Å². The van der Waals surface area contributed by atoms with E-state index in [2.05, 4.69) is 10.6 Å². The van der Waals surface area contributed by atoms with Crippen LogP contribution in [0.4, 0.5) is 18.9 Å². The predicted molar refractivity (Wildman–Crippen MR) is 67.9 cm³/mol. The lowest BCUT2D eigenvalue weighted by atomic mass is 10.1. The maximum absolute atomic E-state index is 12.7. The van der Waals surface area contributed by atoms with E-state index in [-0.39, 0.29) is 18.0 Å². The van der Waals surface area contributed by atoms with Gasteiger partial charge in [-0.15, -0.1) is 0 Å². The molecule has 0 atom stereocenters. The van der Waals surface area contributed by atoms with Gasteiger partial charge in [-0.2, -0.15) is 18.4 Å². The number of amides is 1. The van der Waals surface area contributed by atoms with Crippen LogP contribution in [0, 0.1) is 11.3 Å². The summed E-state index contributed by atoms with van der Waals surface area (Å²) in [5.74, 6) is -0.385. The Morgan fingerprint density at radius 3 is 2.65 bits per heavy atom. The molecule has 7 heteroatoms. The van der Waals surface area contributed by atoms with Crippen LogP contribution in [0.3, 0.4) is 0 Å². The van der Waals surface area contributed by atoms with Gasteiger partial charge in [-0.05, 0) is 24.7 Å². The van der Waals surface area contributed by atoms with E-state index in [9.17, 15) is 18.0 Å². The van der Waals surface area contributed by atoms with Crippen LogP contribution >= 0.6 is 0 Å².